The molecule has 0 aliphatic rings. The molecule has 0 spiro atoms. The normalized spacial score (nSPS) is 10.5. The van der Waals surface area contributed by atoms with Crippen LogP contribution >= 0.6 is 0 Å². The third kappa shape index (κ3) is 7.31. The van der Waals surface area contributed by atoms with Crippen LogP contribution in [0.25, 0.3) is 11.1 Å². The third-order valence-electron chi connectivity index (χ3n) is 4.51. The number of aromatic nitrogens is 1. The van der Waals surface area contributed by atoms with Gasteiger partial charge in [0.2, 0.25) is 0 Å². The Hall–Kier alpha value is -3.59. The van der Waals surface area contributed by atoms with Gasteiger partial charge in [-0.15, -0.1) is 0 Å². The first-order chi connectivity index (χ1) is 14.8. The van der Waals surface area contributed by atoms with Gasteiger partial charge in [0.15, 0.2) is 5.58 Å². The number of hydrogen-bond acceptors (Lipinski definition) is 6. The van der Waals surface area contributed by atoms with Gasteiger partial charge >= 0.3 is 17.7 Å². The zero-order valence-electron chi connectivity index (χ0n) is 17.5. The Kier molecular flexibility index (Phi) is 8.83. The lowest BCUT2D eigenvalue weighted by atomic mass is 10.2. The van der Waals surface area contributed by atoms with E-state index in [0.717, 1.165) is 37.2 Å². The Morgan fingerprint density at radius 2 is 1.77 bits per heavy atom. The molecule has 166 valence electrons. The fourth-order valence-electron chi connectivity index (χ4n) is 3.04. The van der Waals surface area contributed by atoms with Gasteiger partial charge in [0.25, 0.3) is 0 Å². The topological polar surface area (TPSA) is 122 Å². The van der Waals surface area contributed by atoms with Gasteiger partial charge in [-0.05, 0) is 56.3 Å². The minimum absolute atomic E-state index is 0.272. The molecule has 0 unspecified atom stereocenters. The number of aryl methyl sites for hydroxylation is 1. The van der Waals surface area contributed by atoms with Crippen molar-refractivity contribution in [3.05, 3.63) is 64.6 Å². The van der Waals surface area contributed by atoms with Gasteiger partial charge in [0.1, 0.15) is 5.75 Å². The Labute approximate surface area is 179 Å². The molecule has 0 amide bonds. The standard InChI is InChI=1S/C20H24N2O3.C2H2O4/c1-21(15-16-8-7-9-17(14-16)24-2)12-5-6-13-22-18-10-3-4-11-19(18)25-20(22)23;3-1(4)2(5)6/h3-4,7-11,14H,5-6,12-13,15H2,1-2H3;(H,3,4)(H,5,6). The van der Waals surface area contributed by atoms with Gasteiger partial charge in [0.05, 0.1) is 12.6 Å². The molecule has 0 radical (unpaired) electrons. The molecular formula is C22H26N2O7. The number of oxazole rings is 1. The van der Waals surface area contributed by atoms with Crippen LogP contribution in [0.2, 0.25) is 0 Å². The molecule has 2 aromatic carbocycles. The van der Waals surface area contributed by atoms with Crippen molar-refractivity contribution in [1.29, 1.82) is 0 Å². The average Bonchev–Trinajstić information content (AvgIpc) is 3.06. The van der Waals surface area contributed by atoms with Crippen molar-refractivity contribution in [3.8, 4) is 5.75 Å². The molecule has 3 aromatic rings. The van der Waals surface area contributed by atoms with E-state index in [4.69, 9.17) is 29.0 Å². The molecule has 1 aromatic heterocycles. The number of hydrogen-bond donors (Lipinski definition) is 2. The van der Waals surface area contributed by atoms with E-state index in [-0.39, 0.29) is 5.76 Å². The molecule has 0 saturated heterocycles. The van der Waals surface area contributed by atoms with Crippen LogP contribution in [0, 0.1) is 0 Å². The minimum Gasteiger partial charge on any atom is -0.497 e. The second kappa shape index (κ2) is 11.6. The van der Waals surface area contributed by atoms with Gasteiger partial charge in [0, 0.05) is 13.1 Å². The molecule has 0 aliphatic heterocycles. The van der Waals surface area contributed by atoms with Gasteiger partial charge < -0.3 is 24.3 Å². The van der Waals surface area contributed by atoms with Crippen LogP contribution in [-0.2, 0) is 22.7 Å². The maximum absolute atomic E-state index is 11.9. The summed E-state index contributed by atoms with van der Waals surface area (Å²) in [6.07, 6.45) is 1.96. The van der Waals surface area contributed by atoms with Crippen LogP contribution in [0.15, 0.2) is 57.7 Å². The van der Waals surface area contributed by atoms with E-state index in [0.29, 0.717) is 12.1 Å². The molecule has 9 heteroatoms. The predicted octanol–water partition coefficient (Wildman–Crippen LogP) is 2.67. The molecule has 0 bridgehead atoms. The summed E-state index contributed by atoms with van der Waals surface area (Å²) in [4.78, 5) is 32.4. The van der Waals surface area contributed by atoms with Crippen molar-refractivity contribution in [3.63, 3.8) is 0 Å². The Morgan fingerprint density at radius 1 is 1.06 bits per heavy atom. The van der Waals surface area contributed by atoms with Crippen molar-refractivity contribution in [1.82, 2.24) is 9.47 Å². The lowest BCUT2D eigenvalue weighted by Crippen LogP contribution is -2.20. The predicted molar refractivity (Wildman–Crippen MR) is 114 cm³/mol. The maximum Gasteiger partial charge on any atom is 0.419 e. The summed E-state index contributed by atoms with van der Waals surface area (Å²) in [6.45, 7) is 2.54. The van der Waals surface area contributed by atoms with Crippen LogP contribution < -0.4 is 10.5 Å². The van der Waals surface area contributed by atoms with Crippen LogP contribution in [0.5, 0.6) is 5.75 Å². The molecule has 0 aliphatic carbocycles. The zero-order valence-corrected chi connectivity index (χ0v) is 17.5. The van der Waals surface area contributed by atoms with E-state index in [2.05, 4.69) is 24.1 Å². The Balaban J connectivity index is 0.000000501. The summed E-state index contributed by atoms with van der Waals surface area (Å²) in [5.74, 6) is -3.03. The first-order valence-electron chi connectivity index (χ1n) is 9.68. The fraction of sp³-hybridized carbons (Fsp3) is 0.318. The van der Waals surface area contributed by atoms with Crippen molar-refractivity contribution >= 4 is 23.0 Å². The SMILES string of the molecule is COc1cccc(CN(C)CCCCn2c(=O)oc3ccccc32)c1.O=C(O)C(=O)O. The van der Waals surface area contributed by atoms with Crippen LogP contribution in [-0.4, -0.2) is 52.3 Å². The first kappa shape index (κ1) is 23.7. The number of carbonyl (C=O) groups is 2. The number of methoxy groups -OCH3 is 1. The average molecular weight is 430 g/mol. The van der Waals surface area contributed by atoms with E-state index in [1.54, 1.807) is 11.7 Å². The van der Waals surface area contributed by atoms with E-state index >= 15 is 0 Å². The van der Waals surface area contributed by atoms with Crippen LogP contribution in [0.3, 0.4) is 0 Å². The van der Waals surface area contributed by atoms with Gasteiger partial charge in [-0.25, -0.2) is 14.4 Å². The van der Waals surface area contributed by atoms with Crippen molar-refractivity contribution < 1.29 is 29.0 Å². The highest BCUT2D eigenvalue weighted by Crippen LogP contribution is 2.15. The van der Waals surface area contributed by atoms with E-state index in [9.17, 15) is 4.79 Å². The van der Waals surface area contributed by atoms with Gasteiger partial charge in [-0.3, -0.25) is 4.57 Å². The maximum atomic E-state index is 11.9. The lowest BCUT2D eigenvalue weighted by molar-refractivity contribution is -0.159. The summed E-state index contributed by atoms with van der Waals surface area (Å²) in [7, 11) is 3.79. The second-order valence-corrected chi connectivity index (χ2v) is 6.89. The van der Waals surface area contributed by atoms with Crippen molar-refractivity contribution in [2.75, 3.05) is 20.7 Å². The second-order valence-electron chi connectivity index (χ2n) is 6.89. The van der Waals surface area contributed by atoms with Gasteiger partial charge in [-0.2, -0.15) is 0 Å². The smallest absolute Gasteiger partial charge is 0.419 e. The van der Waals surface area contributed by atoms with Crippen LogP contribution in [0.4, 0.5) is 0 Å². The third-order valence-corrected chi connectivity index (χ3v) is 4.51. The molecule has 3 rings (SSSR count). The number of aliphatic carboxylic acids is 2. The number of fused-ring (bicyclic) bond motifs is 1. The summed E-state index contributed by atoms with van der Waals surface area (Å²) in [5, 5.41) is 14.8. The zero-order chi connectivity index (χ0) is 22.8. The summed E-state index contributed by atoms with van der Waals surface area (Å²) >= 11 is 0. The van der Waals surface area contributed by atoms with E-state index in [1.165, 1.54) is 5.56 Å². The number of nitrogens with zero attached hydrogens (tertiary/aromatic N) is 2. The molecule has 2 N–H and O–H groups in total. The number of carboxylic acid groups (broad SMARTS) is 2. The van der Waals surface area contributed by atoms with Crippen molar-refractivity contribution in [2.45, 2.75) is 25.9 Å². The molecular weight excluding hydrogens is 404 g/mol. The van der Waals surface area contributed by atoms with E-state index < -0.39 is 11.9 Å². The number of para-hydroxylation sites is 2. The highest BCUT2D eigenvalue weighted by atomic mass is 16.5. The van der Waals surface area contributed by atoms with Crippen LogP contribution in [0.1, 0.15) is 18.4 Å². The molecule has 9 nitrogen and oxygen atoms in total. The number of benzene rings is 2. The molecule has 0 saturated carbocycles. The Bertz CT molecular complexity index is 1060. The highest BCUT2D eigenvalue weighted by molar-refractivity contribution is 6.27. The Morgan fingerprint density at radius 3 is 2.45 bits per heavy atom. The summed E-state index contributed by atoms with van der Waals surface area (Å²) in [5.41, 5.74) is 2.76. The highest BCUT2D eigenvalue weighted by Gasteiger charge is 2.08. The van der Waals surface area contributed by atoms with E-state index in [1.807, 2.05) is 36.4 Å². The molecule has 31 heavy (non-hydrogen) atoms. The number of rotatable bonds is 8. The fourth-order valence-corrected chi connectivity index (χ4v) is 3.04. The van der Waals surface area contributed by atoms with Gasteiger partial charge in [-0.1, -0.05) is 24.3 Å². The number of unbranched alkanes of at least 4 members (excludes halogenated alkanes) is 1. The lowest BCUT2D eigenvalue weighted by Gasteiger charge is -2.17. The summed E-state index contributed by atoms with van der Waals surface area (Å²) < 4.78 is 12.2. The molecule has 0 fully saturated rings. The minimum atomic E-state index is -1.82. The van der Waals surface area contributed by atoms with Crippen molar-refractivity contribution in [2.24, 2.45) is 0 Å². The number of ether oxygens (including phenoxy) is 1. The molecule has 1 heterocycles. The largest absolute Gasteiger partial charge is 0.497 e. The summed E-state index contributed by atoms with van der Waals surface area (Å²) in [6, 6.07) is 15.7. The monoisotopic (exact) mass is 430 g/mol. The first-order valence-corrected chi connectivity index (χ1v) is 9.68. The molecule has 0 atom stereocenters. The quantitative estimate of drug-likeness (QED) is 0.413. The number of carboxylic acids is 2.